The Bertz CT molecular complexity index is 535. The van der Waals surface area contributed by atoms with Crippen molar-refractivity contribution in [3.63, 3.8) is 0 Å². The van der Waals surface area contributed by atoms with Crippen LogP contribution in [-0.2, 0) is 4.74 Å². The van der Waals surface area contributed by atoms with Gasteiger partial charge in [0.25, 0.3) is 0 Å². The minimum atomic E-state index is 0.334. The van der Waals surface area contributed by atoms with E-state index >= 15 is 0 Å². The van der Waals surface area contributed by atoms with E-state index in [0.29, 0.717) is 12.0 Å². The van der Waals surface area contributed by atoms with E-state index < -0.39 is 0 Å². The zero-order chi connectivity index (χ0) is 11.8. The van der Waals surface area contributed by atoms with Gasteiger partial charge in [0.05, 0.1) is 18.0 Å². The molecule has 1 aliphatic rings. The molecule has 1 fully saturated rings. The standard InChI is InChI=1S/C11H14N4OS/c1-15(7-2-4-16-6-7)9-8-3-5-17-10(8)14-11(12)13-9/h3,5,7H,2,4,6H2,1H3,(H2,12,13,14). The number of nitrogen functional groups attached to an aromatic ring is 1. The number of thiophene rings is 1. The Morgan fingerprint density at radius 2 is 2.41 bits per heavy atom. The predicted octanol–water partition coefficient (Wildman–Crippen LogP) is 1.50. The van der Waals surface area contributed by atoms with E-state index in [1.54, 1.807) is 11.3 Å². The Hall–Kier alpha value is -1.40. The minimum absolute atomic E-state index is 0.334. The van der Waals surface area contributed by atoms with Gasteiger partial charge < -0.3 is 15.4 Å². The lowest BCUT2D eigenvalue weighted by Crippen LogP contribution is -2.32. The highest BCUT2D eigenvalue weighted by Crippen LogP contribution is 2.29. The first-order valence-electron chi connectivity index (χ1n) is 5.57. The van der Waals surface area contributed by atoms with E-state index in [2.05, 4.69) is 14.9 Å². The maximum absolute atomic E-state index is 5.75. The fourth-order valence-corrected chi connectivity index (χ4v) is 2.89. The molecule has 0 aromatic carbocycles. The summed E-state index contributed by atoms with van der Waals surface area (Å²) < 4.78 is 5.41. The second kappa shape index (κ2) is 4.12. The van der Waals surface area contributed by atoms with Crippen molar-refractivity contribution in [2.24, 2.45) is 0 Å². The third-order valence-electron chi connectivity index (χ3n) is 3.11. The highest BCUT2D eigenvalue weighted by Gasteiger charge is 2.23. The van der Waals surface area contributed by atoms with Crippen LogP contribution in [0.5, 0.6) is 0 Å². The molecule has 0 spiro atoms. The lowest BCUT2D eigenvalue weighted by Gasteiger charge is -2.24. The molecule has 1 unspecified atom stereocenters. The summed E-state index contributed by atoms with van der Waals surface area (Å²) in [7, 11) is 2.04. The van der Waals surface area contributed by atoms with Crippen molar-refractivity contribution in [3.05, 3.63) is 11.4 Å². The summed E-state index contributed by atoms with van der Waals surface area (Å²) in [6, 6.07) is 2.42. The van der Waals surface area contributed by atoms with Gasteiger partial charge in [-0.25, -0.2) is 4.98 Å². The van der Waals surface area contributed by atoms with Crippen molar-refractivity contribution < 1.29 is 4.74 Å². The smallest absolute Gasteiger partial charge is 0.223 e. The average molecular weight is 250 g/mol. The monoisotopic (exact) mass is 250 g/mol. The quantitative estimate of drug-likeness (QED) is 0.875. The molecule has 3 rings (SSSR count). The molecular weight excluding hydrogens is 236 g/mol. The van der Waals surface area contributed by atoms with Crippen LogP contribution in [0.15, 0.2) is 11.4 Å². The van der Waals surface area contributed by atoms with Crippen LogP contribution in [0.3, 0.4) is 0 Å². The van der Waals surface area contributed by atoms with Crippen molar-refractivity contribution in [2.45, 2.75) is 12.5 Å². The zero-order valence-corrected chi connectivity index (χ0v) is 10.4. The van der Waals surface area contributed by atoms with Gasteiger partial charge in [-0.05, 0) is 17.9 Å². The Labute approximate surface area is 103 Å². The lowest BCUT2D eigenvalue weighted by atomic mass is 10.2. The number of hydrogen-bond donors (Lipinski definition) is 1. The predicted molar refractivity (Wildman–Crippen MR) is 69.5 cm³/mol. The number of nitrogens with two attached hydrogens (primary N) is 1. The topological polar surface area (TPSA) is 64.3 Å². The number of aromatic nitrogens is 2. The van der Waals surface area contributed by atoms with E-state index in [4.69, 9.17) is 10.5 Å². The average Bonchev–Trinajstić information content (AvgIpc) is 2.97. The number of rotatable bonds is 2. The largest absolute Gasteiger partial charge is 0.379 e. The second-order valence-electron chi connectivity index (χ2n) is 4.17. The molecule has 1 atom stereocenters. The van der Waals surface area contributed by atoms with Gasteiger partial charge >= 0.3 is 0 Å². The van der Waals surface area contributed by atoms with Crippen molar-refractivity contribution in [1.29, 1.82) is 0 Å². The van der Waals surface area contributed by atoms with E-state index in [0.717, 1.165) is 35.7 Å². The van der Waals surface area contributed by atoms with Gasteiger partial charge in [-0.3, -0.25) is 0 Å². The molecule has 90 valence electrons. The van der Waals surface area contributed by atoms with Crippen LogP contribution in [0.4, 0.5) is 11.8 Å². The van der Waals surface area contributed by atoms with Crippen molar-refractivity contribution in [2.75, 3.05) is 30.9 Å². The van der Waals surface area contributed by atoms with Gasteiger partial charge in [0, 0.05) is 13.7 Å². The number of nitrogens with zero attached hydrogens (tertiary/aromatic N) is 3. The molecule has 1 aliphatic heterocycles. The SMILES string of the molecule is CN(c1nc(N)nc2sccc12)C1CCOC1. The Morgan fingerprint density at radius 3 is 3.18 bits per heavy atom. The van der Waals surface area contributed by atoms with Crippen LogP contribution in [0.2, 0.25) is 0 Å². The Morgan fingerprint density at radius 1 is 1.53 bits per heavy atom. The first kappa shape index (κ1) is 10.7. The molecule has 6 heteroatoms. The second-order valence-corrected chi connectivity index (χ2v) is 5.07. The molecule has 0 saturated carbocycles. The first-order valence-corrected chi connectivity index (χ1v) is 6.45. The summed E-state index contributed by atoms with van der Waals surface area (Å²) >= 11 is 1.59. The van der Waals surface area contributed by atoms with Crippen LogP contribution >= 0.6 is 11.3 Å². The molecule has 3 heterocycles. The number of fused-ring (bicyclic) bond motifs is 1. The normalized spacial score (nSPS) is 19.9. The molecule has 17 heavy (non-hydrogen) atoms. The number of likely N-dealkylation sites (N-methyl/N-ethyl adjacent to an activating group) is 1. The van der Waals surface area contributed by atoms with E-state index in [1.807, 2.05) is 18.5 Å². The van der Waals surface area contributed by atoms with Gasteiger partial charge in [-0.1, -0.05) is 0 Å². The number of hydrogen-bond acceptors (Lipinski definition) is 6. The molecule has 2 N–H and O–H groups in total. The summed E-state index contributed by atoms with van der Waals surface area (Å²) in [5.41, 5.74) is 5.75. The van der Waals surface area contributed by atoms with Gasteiger partial charge in [0.2, 0.25) is 5.95 Å². The maximum Gasteiger partial charge on any atom is 0.223 e. The highest BCUT2D eigenvalue weighted by molar-refractivity contribution is 7.16. The molecule has 2 aromatic heterocycles. The third kappa shape index (κ3) is 1.83. The van der Waals surface area contributed by atoms with Crippen molar-refractivity contribution in [3.8, 4) is 0 Å². The van der Waals surface area contributed by atoms with Gasteiger partial charge in [-0.15, -0.1) is 11.3 Å². The Balaban J connectivity index is 2.05. The molecule has 5 nitrogen and oxygen atoms in total. The van der Waals surface area contributed by atoms with Crippen LogP contribution in [0.25, 0.3) is 10.2 Å². The Kier molecular flexibility index (Phi) is 2.60. The molecule has 0 aliphatic carbocycles. The highest BCUT2D eigenvalue weighted by atomic mass is 32.1. The molecule has 1 saturated heterocycles. The maximum atomic E-state index is 5.75. The summed E-state index contributed by atoms with van der Waals surface area (Å²) in [4.78, 5) is 11.7. The van der Waals surface area contributed by atoms with Gasteiger partial charge in [-0.2, -0.15) is 4.98 Å². The molecule has 0 bridgehead atoms. The van der Waals surface area contributed by atoms with E-state index in [1.165, 1.54) is 0 Å². The minimum Gasteiger partial charge on any atom is -0.379 e. The van der Waals surface area contributed by atoms with Crippen LogP contribution < -0.4 is 10.6 Å². The molecular formula is C11H14N4OS. The third-order valence-corrected chi connectivity index (χ3v) is 3.92. The van der Waals surface area contributed by atoms with Crippen LogP contribution in [-0.4, -0.2) is 36.3 Å². The number of ether oxygens (including phenoxy) is 1. The van der Waals surface area contributed by atoms with E-state index in [-0.39, 0.29) is 0 Å². The first-order chi connectivity index (χ1) is 8.25. The summed E-state index contributed by atoms with van der Waals surface area (Å²) in [6.07, 6.45) is 1.03. The lowest BCUT2D eigenvalue weighted by molar-refractivity contribution is 0.193. The molecule has 0 amide bonds. The molecule has 2 aromatic rings. The van der Waals surface area contributed by atoms with Crippen molar-refractivity contribution >= 4 is 33.3 Å². The zero-order valence-electron chi connectivity index (χ0n) is 9.59. The fraction of sp³-hybridized carbons (Fsp3) is 0.455. The summed E-state index contributed by atoms with van der Waals surface area (Å²) in [6.45, 7) is 1.58. The number of anilines is 2. The van der Waals surface area contributed by atoms with Crippen molar-refractivity contribution in [1.82, 2.24) is 9.97 Å². The van der Waals surface area contributed by atoms with Crippen LogP contribution in [0, 0.1) is 0 Å². The van der Waals surface area contributed by atoms with Crippen LogP contribution in [0.1, 0.15) is 6.42 Å². The molecule has 0 radical (unpaired) electrons. The van der Waals surface area contributed by atoms with Gasteiger partial charge in [0.15, 0.2) is 0 Å². The summed E-state index contributed by atoms with van der Waals surface area (Å²) in [5.74, 6) is 1.24. The fourth-order valence-electron chi connectivity index (χ4n) is 2.13. The summed E-state index contributed by atoms with van der Waals surface area (Å²) in [5, 5.41) is 3.08. The van der Waals surface area contributed by atoms with Gasteiger partial charge in [0.1, 0.15) is 10.6 Å². The van der Waals surface area contributed by atoms with E-state index in [9.17, 15) is 0 Å².